The first kappa shape index (κ1) is 24.2. The fourth-order valence-corrected chi connectivity index (χ4v) is 5.08. The Kier molecular flexibility index (Phi) is 6.35. The molecule has 10 nitrogen and oxygen atoms in total. The molecule has 13 heteroatoms. The summed E-state index contributed by atoms with van der Waals surface area (Å²) in [6, 6.07) is 6.22. The van der Waals surface area contributed by atoms with Gasteiger partial charge in [-0.3, -0.25) is 13.9 Å². The summed E-state index contributed by atoms with van der Waals surface area (Å²) in [6.45, 7) is 3.28. The number of fused-ring (bicyclic) bond motifs is 1. The molecule has 2 saturated heterocycles. The second kappa shape index (κ2) is 9.19. The SMILES string of the molecule is CC1(C)OC2C(CI)OC(n3cc(F)c(=O)n(Cc4cn(Cc5ccccc5F)nn4)c3=O)C2O1. The average Bonchev–Trinajstić information content (AvgIpc) is 3.48. The molecule has 4 atom stereocenters. The van der Waals surface area contributed by atoms with Gasteiger partial charge >= 0.3 is 5.69 Å². The Labute approximate surface area is 211 Å². The van der Waals surface area contributed by atoms with Gasteiger partial charge in [-0.2, -0.15) is 4.39 Å². The first-order chi connectivity index (χ1) is 16.7. The lowest BCUT2D eigenvalue weighted by Crippen LogP contribution is -2.45. The van der Waals surface area contributed by atoms with Gasteiger partial charge in [0.1, 0.15) is 23.7 Å². The quantitative estimate of drug-likeness (QED) is 0.314. The van der Waals surface area contributed by atoms with E-state index in [0.29, 0.717) is 9.99 Å². The van der Waals surface area contributed by atoms with Crippen LogP contribution >= 0.6 is 22.6 Å². The van der Waals surface area contributed by atoms with Crippen LogP contribution in [0, 0.1) is 11.6 Å². The summed E-state index contributed by atoms with van der Waals surface area (Å²) in [5.74, 6) is -2.41. The first-order valence-electron chi connectivity index (χ1n) is 10.9. The molecule has 0 saturated carbocycles. The van der Waals surface area contributed by atoms with Gasteiger partial charge in [0, 0.05) is 9.99 Å². The molecule has 0 radical (unpaired) electrons. The minimum absolute atomic E-state index is 0.103. The molecule has 2 aliphatic heterocycles. The van der Waals surface area contributed by atoms with Crippen molar-refractivity contribution in [3.8, 4) is 0 Å². The number of hydrogen-bond acceptors (Lipinski definition) is 7. The predicted octanol–water partition coefficient (Wildman–Crippen LogP) is 1.83. The molecule has 186 valence electrons. The zero-order valence-electron chi connectivity index (χ0n) is 18.8. The highest BCUT2D eigenvalue weighted by Gasteiger charge is 2.55. The molecule has 4 unspecified atom stereocenters. The van der Waals surface area contributed by atoms with Crippen LogP contribution in [-0.2, 0) is 27.3 Å². The normalized spacial score (nSPS) is 25.2. The molecule has 1 aromatic carbocycles. The van der Waals surface area contributed by atoms with Crippen molar-refractivity contribution in [3.05, 3.63) is 80.4 Å². The van der Waals surface area contributed by atoms with E-state index in [0.717, 1.165) is 15.3 Å². The van der Waals surface area contributed by atoms with Crippen LogP contribution < -0.4 is 11.2 Å². The molecule has 0 amide bonds. The van der Waals surface area contributed by atoms with Gasteiger partial charge in [0.25, 0.3) is 5.56 Å². The van der Waals surface area contributed by atoms with E-state index in [4.69, 9.17) is 14.2 Å². The van der Waals surface area contributed by atoms with Crippen LogP contribution in [0.2, 0.25) is 0 Å². The molecular formula is C22H22F2IN5O5. The second-order valence-corrected chi connectivity index (χ2v) is 9.72. The maximum Gasteiger partial charge on any atom is 0.333 e. The van der Waals surface area contributed by atoms with E-state index in [9.17, 15) is 18.4 Å². The monoisotopic (exact) mass is 601 g/mol. The van der Waals surface area contributed by atoms with Gasteiger partial charge in [0.2, 0.25) is 5.82 Å². The van der Waals surface area contributed by atoms with Gasteiger partial charge in [-0.15, -0.1) is 5.10 Å². The van der Waals surface area contributed by atoms with E-state index in [1.165, 1.54) is 16.9 Å². The van der Waals surface area contributed by atoms with Gasteiger partial charge in [0.15, 0.2) is 12.0 Å². The third-order valence-corrected chi connectivity index (χ3v) is 6.77. The van der Waals surface area contributed by atoms with Crippen LogP contribution in [0.25, 0.3) is 0 Å². The number of halogens is 3. The zero-order valence-corrected chi connectivity index (χ0v) is 21.0. The highest BCUT2D eigenvalue weighted by Crippen LogP contribution is 2.43. The van der Waals surface area contributed by atoms with Crippen LogP contribution in [0.1, 0.15) is 31.3 Å². The van der Waals surface area contributed by atoms with Crippen LogP contribution in [0.4, 0.5) is 8.78 Å². The lowest BCUT2D eigenvalue weighted by Gasteiger charge is -2.24. The molecule has 2 aliphatic rings. The van der Waals surface area contributed by atoms with Gasteiger partial charge in [0.05, 0.1) is 31.6 Å². The molecule has 3 aromatic rings. The van der Waals surface area contributed by atoms with Gasteiger partial charge in [-0.25, -0.2) is 13.9 Å². The molecule has 0 bridgehead atoms. The van der Waals surface area contributed by atoms with Crippen molar-refractivity contribution in [2.75, 3.05) is 4.43 Å². The summed E-state index contributed by atoms with van der Waals surface area (Å²) >= 11 is 2.14. The average molecular weight is 601 g/mol. The Hall–Kier alpha value is -2.49. The molecular weight excluding hydrogens is 579 g/mol. The van der Waals surface area contributed by atoms with Crippen LogP contribution in [0.15, 0.2) is 46.2 Å². The Morgan fingerprint density at radius 3 is 2.54 bits per heavy atom. The summed E-state index contributed by atoms with van der Waals surface area (Å²) in [7, 11) is 0. The maximum absolute atomic E-state index is 14.7. The van der Waals surface area contributed by atoms with Crippen LogP contribution in [-0.4, -0.2) is 52.7 Å². The lowest BCUT2D eigenvalue weighted by molar-refractivity contribution is -0.194. The van der Waals surface area contributed by atoms with E-state index in [2.05, 4.69) is 32.9 Å². The molecule has 0 spiro atoms. The fraction of sp³-hybridized carbons (Fsp3) is 0.455. The van der Waals surface area contributed by atoms with Crippen molar-refractivity contribution in [2.45, 2.75) is 57.3 Å². The highest BCUT2D eigenvalue weighted by molar-refractivity contribution is 14.1. The van der Waals surface area contributed by atoms with Crippen LogP contribution in [0.3, 0.4) is 0 Å². The van der Waals surface area contributed by atoms with Crippen molar-refractivity contribution in [3.63, 3.8) is 0 Å². The van der Waals surface area contributed by atoms with Crippen molar-refractivity contribution in [1.29, 1.82) is 0 Å². The molecule has 0 aliphatic carbocycles. The summed E-state index contributed by atoms with van der Waals surface area (Å²) in [6.07, 6.45) is -0.150. The molecule has 5 rings (SSSR count). The van der Waals surface area contributed by atoms with Crippen molar-refractivity contribution in [1.82, 2.24) is 24.1 Å². The maximum atomic E-state index is 14.7. The molecule has 2 aromatic heterocycles. The topological polar surface area (TPSA) is 102 Å². The summed E-state index contributed by atoms with van der Waals surface area (Å²) in [5, 5.41) is 7.89. The van der Waals surface area contributed by atoms with Gasteiger partial charge in [-0.1, -0.05) is 46.0 Å². The minimum atomic E-state index is -1.13. The Bertz CT molecular complexity index is 1370. The van der Waals surface area contributed by atoms with E-state index < -0.39 is 47.1 Å². The number of aromatic nitrogens is 5. The number of benzene rings is 1. The number of ether oxygens (including phenoxy) is 3. The van der Waals surface area contributed by atoms with E-state index >= 15 is 0 Å². The number of hydrogen-bond donors (Lipinski definition) is 0. The summed E-state index contributed by atoms with van der Waals surface area (Å²) in [5.41, 5.74) is -1.26. The standard InChI is InChI=1S/C22H22F2IN5O5/c1-22(2)34-17-16(7-25)33-20(18(17)35-22)30-11-15(24)19(31)29(21(30)32)10-13-9-28(27-26-13)8-12-5-3-4-6-14(12)23/h3-6,9,11,16-18,20H,7-8,10H2,1-2H3. The van der Waals surface area contributed by atoms with Gasteiger partial charge in [-0.05, 0) is 19.9 Å². The molecule has 2 fully saturated rings. The van der Waals surface area contributed by atoms with Crippen LogP contribution in [0.5, 0.6) is 0 Å². The Morgan fingerprint density at radius 1 is 1.06 bits per heavy atom. The smallest absolute Gasteiger partial charge is 0.333 e. The van der Waals surface area contributed by atoms with Gasteiger partial charge < -0.3 is 14.2 Å². The highest BCUT2D eigenvalue weighted by atomic mass is 127. The minimum Gasteiger partial charge on any atom is -0.348 e. The summed E-state index contributed by atoms with van der Waals surface area (Å²) in [4.78, 5) is 25.8. The van der Waals surface area contributed by atoms with E-state index in [1.807, 2.05) is 0 Å². The number of alkyl halides is 1. The molecule has 0 N–H and O–H groups in total. The number of nitrogens with zero attached hydrogens (tertiary/aromatic N) is 5. The van der Waals surface area contributed by atoms with E-state index in [-0.39, 0.29) is 24.9 Å². The molecule has 4 heterocycles. The third-order valence-electron chi connectivity index (χ3n) is 5.90. The van der Waals surface area contributed by atoms with Crippen molar-refractivity contribution < 1.29 is 23.0 Å². The summed E-state index contributed by atoms with van der Waals surface area (Å²) < 4.78 is 50.2. The van der Waals surface area contributed by atoms with Crippen molar-refractivity contribution >= 4 is 22.6 Å². The molecule has 35 heavy (non-hydrogen) atoms. The zero-order chi connectivity index (χ0) is 24.9. The van der Waals surface area contributed by atoms with E-state index in [1.54, 1.807) is 32.0 Å². The number of rotatable bonds is 6. The largest absolute Gasteiger partial charge is 0.348 e. The first-order valence-corrected chi connectivity index (χ1v) is 12.4. The Morgan fingerprint density at radius 2 is 1.80 bits per heavy atom. The fourth-order valence-electron chi connectivity index (χ4n) is 4.37. The predicted molar refractivity (Wildman–Crippen MR) is 126 cm³/mol. The second-order valence-electron chi connectivity index (χ2n) is 8.84. The third kappa shape index (κ3) is 4.57. The lowest BCUT2D eigenvalue weighted by atomic mass is 10.1. The van der Waals surface area contributed by atoms with Crippen molar-refractivity contribution in [2.24, 2.45) is 0 Å². The Balaban J connectivity index is 1.44.